The number of ether oxygens (including phenoxy) is 1. The summed E-state index contributed by atoms with van der Waals surface area (Å²) in [7, 11) is 0. The third-order valence-electron chi connectivity index (χ3n) is 3.37. The van der Waals surface area contributed by atoms with Gasteiger partial charge in [-0.15, -0.1) is 24.8 Å². The highest BCUT2D eigenvalue weighted by molar-refractivity contribution is 5.85. The molecular formula is C15H34Cl2N2O2. The molecule has 21 heavy (non-hydrogen) atoms. The van der Waals surface area contributed by atoms with E-state index in [1.807, 2.05) is 0 Å². The predicted molar refractivity (Wildman–Crippen MR) is 94.5 cm³/mol. The first-order valence-electron chi connectivity index (χ1n) is 7.61. The quantitative estimate of drug-likeness (QED) is 0.462. The van der Waals surface area contributed by atoms with Crippen LogP contribution in [-0.4, -0.2) is 43.7 Å². The van der Waals surface area contributed by atoms with E-state index in [9.17, 15) is 4.79 Å². The van der Waals surface area contributed by atoms with Gasteiger partial charge >= 0.3 is 5.97 Å². The van der Waals surface area contributed by atoms with Crippen molar-refractivity contribution in [1.82, 2.24) is 4.90 Å². The van der Waals surface area contributed by atoms with Crippen LogP contribution in [0.5, 0.6) is 0 Å². The molecule has 0 bridgehead atoms. The third kappa shape index (κ3) is 14.7. The van der Waals surface area contributed by atoms with Gasteiger partial charge in [0, 0.05) is 13.0 Å². The van der Waals surface area contributed by atoms with Crippen LogP contribution in [0.25, 0.3) is 0 Å². The average Bonchev–Trinajstić information content (AvgIpc) is 2.37. The highest BCUT2D eigenvalue weighted by Crippen LogP contribution is 2.14. The van der Waals surface area contributed by atoms with E-state index in [1.54, 1.807) is 0 Å². The van der Waals surface area contributed by atoms with Crippen molar-refractivity contribution in [1.29, 1.82) is 0 Å². The maximum Gasteiger partial charge on any atom is 0.306 e. The van der Waals surface area contributed by atoms with Gasteiger partial charge in [0.2, 0.25) is 0 Å². The molecular weight excluding hydrogens is 311 g/mol. The summed E-state index contributed by atoms with van der Waals surface area (Å²) in [6.07, 6.45) is 2.36. The number of halogens is 2. The summed E-state index contributed by atoms with van der Waals surface area (Å²) in [5, 5.41) is 0. The predicted octanol–water partition coefficient (Wildman–Crippen LogP) is 3.12. The molecule has 0 heterocycles. The molecule has 4 nitrogen and oxygen atoms in total. The van der Waals surface area contributed by atoms with Gasteiger partial charge in [-0.05, 0) is 44.3 Å². The van der Waals surface area contributed by atoms with Crippen molar-refractivity contribution < 1.29 is 9.53 Å². The minimum atomic E-state index is -0.101. The van der Waals surface area contributed by atoms with Gasteiger partial charge in [0.15, 0.2) is 0 Å². The average molecular weight is 345 g/mol. The Bertz CT molecular complexity index is 238. The van der Waals surface area contributed by atoms with Crippen LogP contribution in [0.4, 0.5) is 0 Å². The maximum atomic E-state index is 11.7. The van der Waals surface area contributed by atoms with Crippen LogP contribution in [-0.2, 0) is 9.53 Å². The van der Waals surface area contributed by atoms with Crippen molar-refractivity contribution in [3.63, 3.8) is 0 Å². The van der Waals surface area contributed by atoms with Crippen LogP contribution in [0.3, 0.4) is 0 Å². The van der Waals surface area contributed by atoms with Crippen molar-refractivity contribution >= 4 is 30.8 Å². The van der Waals surface area contributed by atoms with Gasteiger partial charge in [0.05, 0.1) is 6.61 Å². The first kappa shape index (κ1) is 25.9. The molecule has 0 fully saturated rings. The minimum absolute atomic E-state index is 0. The number of hydrogen-bond donors (Lipinski definition) is 1. The van der Waals surface area contributed by atoms with Gasteiger partial charge in [0.1, 0.15) is 0 Å². The summed E-state index contributed by atoms with van der Waals surface area (Å²) in [5.74, 6) is 0.731. The molecule has 0 aromatic rings. The molecule has 0 rings (SSSR count). The lowest BCUT2D eigenvalue weighted by atomic mass is 9.94. The SMILES string of the molecule is CCN(CC)CCCOC(=O)C[C@@H](CN)CC(C)C.Cl.Cl. The van der Waals surface area contributed by atoms with Crippen LogP contribution in [0.15, 0.2) is 0 Å². The number of esters is 1. The van der Waals surface area contributed by atoms with Crippen LogP contribution >= 0.6 is 24.8 Å². The molecule has 0 saturated heterocycles. The molecule has 0 aliphatic carbocycles. The first-order chi connectivity index (χ1) is 9.03. The summed E-state index contributed by atoms with van der Waals surface area (Å²) in [4.78, 5) is 14.0. The zero-order chi connectivity index (χ0) is 14.7. The van der Waals surface area contributed by atoms with Crippen LogP contribution in [0, 0.1) is 11.8 Å². The molecule has 0 spiro atoms. The van der Waals surface area contributed by atoms with E-state index in [-0.39, 0.29) is 36.7 Å². The van der Waals surface area contributed by atoms with Crippen LogP contribution in [0.2, 0.25) is 0 Å². The standard InChI is InChI=1S/C15H32N2O2.2ClH/c1-5-17(6-2)8-7-9-19-15(18)11-14(12-16)10-13(3)4;;/h13-14H,5-12,16H2,1-4H3;2*1H/t14-;;/m0../s1. The second-order valence-electron chi connectivity index (χ2n) is 5.54. The Morgan fingerprint density at radius 1 is 1.19 bits per heavy atom. The van der Waals surface area contributed by atoms with Crippen molar-refractivity contribution in [3.8, 4) is 0 Å². The monoisotopic (exact) mass is 344 g/mol. The molecule has 0 unspecified atom stereocenters. The van der Waals surface area contributed by atoms with E-state index in [0.29, 0.717) is 25.5 Å². The second kappa shape index (κ2) is 16.3. The molecule has 0 amide bonds. The number of nitrogens with two attached hydrogens (primary N) is 1. The smallest absolute Gasteiger partial charge is 0.306 e. The lowest BCUT2D eigenvalue weighted by Crippen LogP contribution is -2.25. The first-order valence-corrected chi connectivity index (χ1v) is 7.61. The number of carbonyl (C=O) groups excluding carboxylic acids is 1. The molecule has 0 aliphatic heterocycles. The van der Waals surface area contributed by atoms with E-state index >= 15 is 0 Å². The van der Waals surface area contributed by atoms with Crippen LogP contribution in [0.1, 0.15) is 47.0 Å². The van der Waals surface area contributed by atoms with E-state index in [2.05, 4.69) is 32.6 Å². The Morgan fingerprint density at radius 3 is 2.19 bits per heavy atom. The largest absolute Gasteiger partial charge is 0.466 e. The maximum absolute atomic E-state index is 11.7. The highest BCUT2D eigenvalue weighted by Gasteiger charge is 2.14. The number of nitrogens with zero attached hydrogens (tertiary/aromatic N) is 1. The fourth-order valence-corrected chi connectivity index (χ4v) is 2.24. The van der Waals surface area contributed by atoms with Crippen molar-refractivity contribution in [2.24, 2.45) is 17.6 Å². The third-order valence-corrected chi connectivity index (χ3v) is 3.37. The fourth-order valence-electron chi connectivity index (χ4n) is 2.24. The molecule has 0 aliphatic rings. The summed E-state index contributed by atoms with van der Waals surface area (Å²) >= 11 is 0. The molecule has 0 saturated carbocycles. The number of hydrogen-bond acceptors (Lipinski definition) is 4. The molecule has 0 radical (unpaired) electrons. The van der Waals surface area contributed by atoms with Crippen molar-refractivity contribution in [2.75, 3.05) is 32.8 Å². The number of carbonyl (C=O) groups is 1. The summed E-state index contributed by atoms with van der Waals surface area (Å²) in [5.41, 5.74) is 5.69. The Morgan fingerprint density at radius 2 is 1.76 bits per heavy atom. The zero-order valence-electron chi connectivity index (χ0n) is 14.0. The number of rotatable bonds is 11. The van der Waals surface area contributed by atoms with E-state index in [4.69, 9.17) is 10.5 Å². The van der Waals surface area contributed by atoms with Gasteiger partial charge in [-0.25, -0.2) is 0 Å². The normalized spacial score (nSPS) is 11.8. The van der Waals surface area contributed by atoms with Crippen molar-refractivity contribution in [2.45, 2.75) is 47.0 Å². The van der Waals surface area contributed by atoms with E-state index < -0.39 is 0 Å². The summed E-state index contributed by atoms with van der Waals surface area (Å²) in [6, 6.07) is 0. The van der Waals surface area contributed by atoms with Gasteiger partial charge < -0.3 is 15.4 Å². The van der Waals surface area contributed by atoms with Crippen molar-refractivity contribution in [3.05, 3.63) is 0 Å². The highest BCUT2D eigenvalue weighted by atomic mass is 35.5. The van der Waals surface area contributed by atoms with Gasteiger partial charge in [-0.3, -0.25) is 4.79 Å². The van der Waals surface area contributed by atoms with E-state index in [1.165, 1.54) is 0 Å². The molecule has 1 atom stereocenters. The summed E-state index contributed by atoms with van der Waals surface area (Å²) in [6.45, 7) is 12.8. The zero-order valence-corrected chi connectivity index (χ0v) is 15.6. The molecule has 0 aromatic carbocycles. The Kier molecular flexibility index (Phi) is 20.2. The van der Waals surface area contributed by atoms with E-state index in [0.717, 1.165) is 32.5 Å². The fraction of sp³-hybridized carbons (Fsp3) is 0.933. The molecule has 130 valence electrons. The molecule has 0 aromatic heterocycles. The topological polar surface area (TPSA) is 55.6 Å². The lowest BCUT2D eigenvalue weighted by molar-refractivity contribution is -0.145. The molecule has 6 heteroatoms. The van der Waals surface area contributed by atoms with Gasteiger partial charge in [-0.2, -0.15) is 0 Å². The lowest BCUT2D eigenvalue weighted by Gasteiger charge is -2.18. The Hall–Kier alpha value is -0.0300. The molecule has 2 N–H and O–H groups in total. The summed E-state index contributed by atoms with van der Waals surface area (Å²) < 4.78 is 5.27. The van der Waals surface area contributed by atoms with Gasteiger partial charge in [0.25, 0.3) is 0 Å². The van der Waals surface area contributed by atoms with Crippen LogP contribution < -0.4 is 5.73 Å². The second-order valence-corrected chi connectivity index (χ2v) is 5.54. The Labute approximate surface area is 143 Å². The Balaban J connectivity index is -0.00000162. The van der Waals surface area contributed by atoms with Gasteiger partial charge in [-0.1, -0.05) is 27.7 Å². The minimum Gasteiger partial charge on any atom is -0.466 e.